The molecule has 0 aromatic rings. The van der Waals surface area contributed by atoms with Crippen LogP contribution in [0.3, 0.4) is 0 Å². The molecule has 2 aliphatic heterocycles. The van der Waals surface area contributed by atoms with E-state index in [1.807, 2.05) is 0 Å². The smallest absolute Gasteiger partial charge is 0.231 e. The number of aliphatic hydroxyl groups is 1. The van der Waals surface area contributed by atoms with Crippen molar-refractivity contribution in [2.45, 2.75) is 18.6 Å². The number of fused-ring (bicyclic) bond motifs is 1. The fraction of sp³-hybridized carbons (Fsp3) is 1.00. The van der Waals surface area contributed by atoms with Crippen LogP contribution in [0.2, 0.25) is 0 Å². The molecule has 0 radical (unpaired) electrons. The standard InChI is InChI=1S/C7H13NO4/c1-6(10-2)8-5-11-3-7(8,9)4-12-6/h9H,3-5H2,1-2H3. The highest BCUT2D eigenvalue weighted by molar-refractivity contribution is 4.91. The van der Waals surface area contributed by atoms with E-state index in [9.17, 15) is 5.11 Å². The average Bonchev–Trinajstić information content (AvgIpc) is 2.53. The van der Waals surface area contributed by atoms with Gasteiger partial charge in [0.2, 0.25) is 5.91 Å². The van der Waals surface area contributed by atoms with Crippen LogP contribution in [0.1, 0.15) is 6.92 Å². The molecule has 2 heterocycles. The number of hydrogen-bond donors (Lipinski definition) is 1. The summed E-state index contributed by atoms with van der Waals surface area (Å²) < 4.78 is 15.6. The van der Waals surface area contributed by atoms with Crippen LogP contribution in [0, 0.1) is 0 Å². The number of nitrogens with zero attached hydrogens (tertiary/aromatic N) is 1. The van der Waals surface area contributed by atoms with Gasteiger partial charge in [-0.05, 0) is 0 Å². The van der Waals surface area contributed by atoms with Crippen molar-refractivity contribution in [3.05, 3.63) is 0 Å². The molecule has 2 saturated heterocycles. The average molecular weight is 175 g/mol. The molecule has 5 heteroatoms. The zero-order chi connectivity index (χ0) is 8.82. The minimum atomic E-state index is -0.995. The molecule has 2 aliphatic rings. The molecular weight excluding hydrogens is 162 g/mol. The van der Waals surface area contributed by atoms with Crippen LogP contribution in [0.25, 0.3) is 0 Å². The highest BCUT2D eigenvalue weighted by Crippen LogP contribution is 2.37. The highest BCUT2D eigenvalue weighted by Gasteiger charge is 2.57. The lowest BCUT2D eigenvalue weighted by Crippen LogP contribution is -2.51. The van der Waals surface area contributed by atoms with E-state index in [2.05, 4.69) is 0 Å². The Balaban J connectivity index is 2.24. The Labute approximate surface area is 70.8 Å². The second-order valence-corrected chi connectivity index (χ2v) is 3.28. The predicted molar refractivity (Wildman–Crippen MR) is 39.0 cm³/mol. The SMILES string of the molecule is COC1(C)OCC2(O)COCN21. The maximum atomic E-state index is 9.89. The van der Waals surface area contributed by atoms with Gasteiger partial charge in [0.25, 0.3) is 0 Å². The van der Waals surface area contributed by atoms with E-state index in [4.69, 9.17) is 14.2 Å². The lowest BCUT2D eigenvalue weighted by Gasteiger charge is -2.31. The Hall–Kier alpha value is -0.200. The summed E-state index contributed by atoms with van der Waals surface area (Å²) in [5, 5.41) is 9.89. The summed E-state index contributed by atoms with van der Waals surface area (Å²) in [5.74, 6) is -0.842. The summed E-state index contributed by atoms with van der Waals surface area (Å²) in [6, 6.07) is 0. The van der Waals surface area contributed by atoms with Gasteiger partial charge in [-0.3, -0.25) is 0 Å². The summed E-state index contributed by atoms with van der Waals surface area (Å²) in [4.78, 5) is 1.67. The molecular formula is C7H13NO4. The van der Waals surface area contributed by atoms with Crippen molar-refractivity contribution in [1.29, 1.82) is 0 Å². The molecule has 0 spiro atoms. The molecule has 1 N–H and O–H groups in total. The second kappa shape index (κ2) is 2.40. The van der Waals surface area contributed by atoms with Gasteiger partial charge in [-0.1, -0.05) is 0 Å². The van der Waals surface area contributed by atoms with E-state index < -0.39 is 11.6 Å². The molecule has 70 valence electrons. The van der Waals surface area contributed by atoms with Gasteiger partial charge < -0.3 is 19.3 Å². The Morgan fingerprint density at radius 3 is 2.92 bits per heavy atom. The van der Waals surface area contributed by atoms with Crippen molar-refractivity contribution in [2.75, 3.05) is 27.1 Å². The van der Waals surface area contributed by atoms with Gasteiger partial charge in [0.05, 0.1) is 13.2 Å². The van der Waals surface area contributed by atoms with Crippen LogP contribution in [0.15, 0.2) is 0 Å². The van der Waals surface area contributed by atoms with Crippen LogP contribution < -0.4 is 0 Å². The Bertz CT molecular complexity index is 200. The van der Waals surface area contributed by atoms with Gasteiger partial charge in [0.1, 0.15) is 6.73 Å². The molecule has 0 aromatic carbocycles. The van der Waals surface area contributed by atoms with Crippen LogP contribution in [-0.2, 0) is 14.2 Å². The fourth-order valence-electron chi connectivity index (χ4n) is 1.61. The summed E-state index contributed by atoms with van der Waals surface area (Å²) in [7, 11) is 1.55. The van der Waals surface area contributed by atoms with Gasteiger partial charge in [-0.2, -0.15) is 4.90 Å². The minimum Gasteiger partial charge on any atom is -0.371 e. The van der Waals surface area contributed by atoms with Crippen LogP contribution >= 0.6 is 0 Å². The third-order valence-corrected chi connectivity index (χ3v) is 2.50. The third kappa shape index (κ3) is 0.915. The Morgan fingerprint density at radius 2 is 2.25 bits per heavy atom. The molecule has 2 fully saturated rings. The monoisotopic (exact) mass is 175 g/mol. The van der Waals surface area contributed by atoms with Gasteiger partial charge >= 0.3 is 0 Å². The van der Waals surface area contributed by atoms with E-state index >= 15 is 0 Å². The zero-order valence-corrected chi connectivity index (χ0v) is 7.24. The van der Waals surface area contributed by atoms with Gasteiger partial charge in [0.15, 0.2) is 5.72 Å². The first-order valence-corrected chi connectivity index (χ1v) is 3.88. The van der Waals surface area contributed by atoms with E-state index in [1.54, 1.807) is 18.9 Å². The molecule has 5 nitrogen and oxygen atoms in total. The largest absolute Gasteiger partial charge is 0.371 e. The second-order valence-electron chi connectivity index (χ2n) is 3.28. The van der Waals surface area contributed by atoms with Crippen LogP contribution in [0.4, 0.5) is 0 Å². The van der Waals surface area contributed by atoms with E-state index in [-0.39, 0.29) is 13.2 Å². The molecule has 0 amide bonds. The molecule has 0 aromatic heterocycles. The summed E-state index contributed by atoms with van der Waals surface area (Å²) in [5.41, 5.74) is -0.995. The number of methoxy groups -OCH3 is 1. The number of rotatable bonds is 1. The van der Waals surface area contributed by atoms with E-state index in [0.717, 1.165) is 0 Å². The maximum Gasteiger partial charge on any atom is 0.231 e. The summed E-state index contributed by atoms with van der Waals surface area (Å²) >= 11 is 0. The topological polar surface area (TPSA) is 51.2 Å². The Morgan fingerprint density at radius 1 is 1.50 bits per heavy atom. The summed E-state index contributed by atoms with van der Waals surface area (Å²) in [6.07, 6.45) is 0. The van der Waals surface area contributed by atoms with Crippen molar-refractivity contribution < 1.29 is 19.3 Å². The van der Waals surface area contributed by atoms with Crippen molar-refractivity contribution in [2.24, 2.45) is 0 Å². The first-order valence-electron chi connectivity index (χ1n) is 3.88. The Kier molecular flexibility index (Phi) is 1.68. The number of ether oxygens (including phenoxy) is 3. The zero-order valence-electron chi connectivity index (χ0n) is 7.24. The van der Waals surface area contributed by atoms with Crippen molar-refractivity contribution >= 4 is 0 Å². The van der Waals surface area contributed by atoms with Crippen molar-refractivity contribution in [3.8, 4) is 0 Å². The van der Waals surface area contributed by atoms with Crippen molar-refractivity contribution in [3.63, 3.8) is 0 Å². The highest BCUT2D eigenvalue weighted by atomic mass is 16.7. The molecule has 2 unspecified atom stereocenters. The number of hydrogen-bond acceptors (Lipinski definition) is 5. The lowest BCUT2D eigenvalue weighted by molar-refractivity contribution is -0.264. The molecule has 12 heavy (non-hydrogen) atoms. The maximum absolute atomic E-state index is 9.89. The minimum absolute atomic E-state index is 0.233. The van der Waals surface area contributed by atoms with Gasteiger partial charge in [-0.15, -0.1) is 0 Å². The fourth-order valence-corrected chi connectivity index (χ4v) is 1.61. The van der Waals surface area contributed by atoms with Crippen LogP contribution in [-0.4, -0.2) is 48.7 Å². The lowest BCUT2D eigenvalue weighted by atomic mass is 10.2. The van der Waals surface area contributed by atoms with Crippen molar-refractivity contribution in [1.82, 2.24) is 4.90 Å². The first kappa shape index (κ1) is 8.40. The first-order chi connectivity index (χ1) is 5.61. The molecule has 0 bridgehead atoms. The quantitative estimate of drug-likeness (QED) is 0.572. The molecule has 0 saturated carbocycles. The van der Waals surface area contributed by atoms with Gasteiger partial charge in [0, 0.05) is 14.0 Å². The normalized spacial score (nSPS) is 48.2. The third-order valence-electron chi connectivity index (χ3n) is 2.50. The predicted octanol–water partition coefficient (Wildman–Crippen LogP) is -0.685. The molecule has 0 aliphatic carbocycles. The van der Waals surface area contributed by atoms with Crippen LogP contribution in [0.5, 0.6) is 0 Å². The van der Waals surface area contributed by atoms with E-state index in [1.165, 1.54) is 0 Å². The molecule has 2 rings (SSSR count). The summed E-state index contributed by atoms with van der Waals surface area (Å²) in [6.45, 7) is 2.63. The van der Waals surface area contributed by atoms with E-state index in [0.29, 0.717) is 6.73 Å². The van der Waals surface area contributed by atoms with Gasteiger partial charge in [-0.25, -0.2) is 0 Å². The molecule has 2 atom stereocenters.